The van der Waals surface area contributed by atoms with Gasteiger partial charge in [0.25, 0.3) is 5.91 Å². The minimum absolute atomic E-state index is 0.234. The Bertz CT molecular complexity index is 870. The predicted octanol–water partition coefficient (Wildman–Crippen LogP) is 4.15. The molecule has 0 saturated carbocycles. The molecule has 3 aromatic rings. The van der Waals surface area contributed by atoms with Crippen molar-refractivity contribution in [2.75, 3.05) is 0 Å². The van der Waals surface area contributed by atoms with Gasteiger partial charge in [-0.3, -0.25) is 4.79 Å². The molecule has 1 unspecified atom stereocenters. The molecule has 0 spiro atoms. The van der Waals surface area contributed by atoms with Gasteiger partial charge in [-0.25, -0.2) is 9.37 Å². The van der Waals surface area contributed by atoms with Crippen molar-refractivity contribution in [1.29, 1.82) is 0 Å². The van der Waals surface area contributed by atoms with Crippen molar-refractivity contribution >= 4 is 16.9 Å². The highest BCUT2D eigenvalue weighted by molar-refractivity contribution is 5.94. The second-order valence-electron chi connectivity index (χ2n) is 6.33. The van der Waals surface area contributed by atoms with Crippen LogP contribution in [0.2, 0.25) is 0 Å². The van der Waals surface area contributed by atoms with Crippen LogP contribution in [0.4, 0.5) is 4.39 Å². The van der Waals surface area contributed by atoms with Crippen molar-refractivity contribution in [1.82, 2.24) is 14.9 Å². The molecule has 0 radical (unpaired) electrons. The van der Waals surface area contributed by atoms with E-state index in [9.17, 15) is 9.18 Å². The van der Waals surface area contributed by atoms with Crippen LogP contribution < -0.4 is 5.32 Å². The number of para-hydroxylation sites is 2. The van der Waals surface area contributed by atoms with Crippen molar-refractivity contribution in [2.24, 2.45) is 5.92 Å². The largest absolute Gasteiger partial charge is 0.345 e. The first-order valence-electron chi connectivity index (χ1n) is 8.56. The Morgan fingerprint density at radius 3 is 2.64 bits per heavy atom. The van der Waals surface area contributed by atoms with E-state index < -0.39 is 0 Å². The second kappa shape index (κ2) is 7.47. The maximum atomic E-state index is 13.0. The van der Waals surface area contributed by atoms with E-state index in [1.165, 1.54) is 24.3 Å². The number of rotatable bonds is 6. The van der Waals surface area contributed by atoms with E-state index in [1.54, 1.807) is 0 Å². The molecule has 4 nitrogen and oxygen atoms in total. The van der Waals surface area contributed by atoms with Gasteiger partial charge < -0.3 is 9.88 Å². The number of fused-ring (bicyclic) bond motifs is 1. The van der Waals surface area contributed by atoms with Crippen LogP contribution in [0.1, 0.15) is 36.5 Å². The predicted molar refractivity (Wildman–Crippen MR) is 96.8 cm³/mol. The summed E-state index contributed by atoms with van der Waals surface area (Å²) in [7, 11) is 0. The minimum Gasteiger partial charge on any atom is -0.345 e. The van der Waals surface area contributed by atoms with Gasteiger partial charge in [-0.1, -0.05) is 32.4 Å². The Morgan fingerprint density at radius 1 is 1.20 bits per heavy atom. The van der Waals surface area contributed by atoms with Crippen LogP contribution in [-0.2, 0) is 13.1 Å². The maximum Gasteiger partial charge on any atom is 0.251 e. The number of benzene rings is 2. The Hall–Kier alpha value is -2.69. The molecule has 1 N–H and O–H groups in total. The van der Waals surface area contributed by atoms with Crippen LogP contribution in [-0.4, -0.2) is 15.5 Å². The van der Waals surface area contributed by atoms with E-state index in [-0.39, 0.29) is 11.7 Å². The molecule has 0 fully saturated rings. The van der Waals surface area contributed by atoms with Crippen LogP contribution in [0.5, 0.6) is 0 Å². The SMILES string of the molecule is CCC(C)Cn1c(CNC(=O)c2ccc(F)cc2)nc2ccccc21. The van der Waals surface area contributed by atoms with E-state index in [2.05, 4.69) is 34.8 Å². The number of imidazole rings is 1. The summed E-state index contributed by atoms with van der Waals surface area (Å²) in [5.74, 6) is 0.759. The molecule has 0 saturated heterocycles. The molecular weight excluding hydrogens is 317 g/mol. The smallest absolute Gasteiger partial charge is 0.251 e. The maximum absolute atomic E-state index is 13.0. The van der Waals surface area contributed by atoms with Gasteiger partial charge in [0, 0.05) is 12.1 Å². The average molecular weight is 339 g/mol. The number of hydrogen-bond donors (Lipinski definition) is 1. The lowest BCUT2D eigenvalue weighted by Gasteiger charge is -2.14. The topological polar surface area (TPSA) is 46.9 Å². The minimum atomic E-state index is -0.355. The first kappa shape index (κ1) is 17.1. The van der Waals surface area contributed by atoms with Crippen LogP contribution in [0.3, 0.4) is 0 Å². The number of hydrogen-bond acceptors (Lipinski definition) is 2. The number of carbonyl (C=O) groups is 1. The first-order chi connectivity index (χ1) is 12.1. The summed E-state index contributed by atoms with van der Waals surface area (Å²) in [6.07, 6.45) is 1.08. The Labute approximate surface area is 146 Å². The number of nitrogens with one attached hydrogen (secondary N) is 1. The highest BCUT2D eigenvalue weighted by atomic mass is 19.1. The summed E-state index contributed by atoms with van der Waals surface area (Å²) in [5, 5.41) is 2.88. The lowest BCUT2D eigenvalue weighted by atomic mass is 10.1. The van der Waals surface area contributed by atoms with Crippen LogP contribution in [0, 0.1) is 11.7 Å². The lowest BCUT2D eigenvalue weighted by Crippen LogP contribution is -2.25. The van der Waals surface area contributed by atoms with E-state index >= 15 is 0 Å². The third-order valence-electron chi connectivity index (χ3n) is 4.44. The highest BCUT2D eigenvalue weighted by Gasteiger charge is 2.14. The molecule has 130 valence electrons. The summed E-state index contributed by atoms with van der Waals surface area (Å²) in [6.45, 7) is 5.56. The quantitative estimate of drug-likeness (QED) is 0.733. The molecule has 1 atom stereocenters. The van der Waals surface area contributed by atoms with Crippen molar-refractivity contribution in [3.63, 3.8) is 0 Å². The number of halogens is 1. The molecule has 0 aliphatic carbocycles. The zero-order valence-corrected chi connectivity index (χ0v) is 14.5. The molecule has 3 rings (SSSR count). The van der Waals surface area contributed by atoms with E-state index in [1.807, 2.05) is 18.2 Å². The fourth-order valence-corrected chi connectivity index (χ4v) is 2.77. The number of nitrogens with zero attached hydrogens (tertiary/aromatic N) is 2. The fraction of sp³-hybridized carbons (Fsp3) is 0.300. The summed E-state index contributed by atoms with van der Waals surface area (Å²) in [6, 6.07) is 13.5. The zero-order valence-electron chi connectivity index (χ0n) is 14.5. The monoisotopic (exact) mass is 339 g/mol. The van der Waals surface area contributed by atoms with Gasteiger partial charge >= 0.3 is 0 Å². The molecule has 25 heavy (non-hydrogen) atoms. The van der Waals surface area contributed by atoms with Crippen molar-refractivity contribution in [3.05, 3.63) is 65.7 Å². The van der Waals surface area contributed by atoms with Crippen molar-refractivity contribution < 1.29 is 9.18 Å². The molecule has 0 aliphatic rings. The summed E-state index contributed by atoms with van der Waals surface area (Å²) in [5.41, 5.74) is 2.44. The van der Waals surface area contributed by atoms with Gasteiger partial charge in [0.05, 0.1) is 17.6 Å². The van der Waals surface area contributed by atoms with Crippen molar-refractivity contribution in [2.45, 2.75) is 33.4 Å². The third-order valence-corrected chi connectivity index (χ3v) is 4.44. The molecule has 5 heteroatoms. The first-order valence-corrected chi connectivity index (χ1v) is 8.56. The lowest BCUT2D eigenvalue weighted by molar-refractivity contribution is 0.0949. The number of amides is 1. The van der Waals surface area contributed by atoms with E-state index in [0.29, 0.717) is 18.0 Å². The van der Waals surface area contributed by atoms with Crippen molar-refractivity contribution in [3.8, 4) is 0 Å². The molecule has 1 heterocycles. The van der Waals surface area contributed by atoms with Gasteiger partial charge in [0.15, 0.2) is 0 Å². The third kappa shape index (κ3) is 3.87. The fourth-order valence-electron chi connectivity index (χ4n) is 2.77. The molecule has 0 aliphatic heterocycles. The molecular formula is C20H22FN3O. The number of aromatic nitrogens is 2. The Balaban J connectivity index is 1.81. The molecule has 1 amide bonds. The number of carbonyl (C=O) groups excluding carboxylic acids is 1. The van der Waals surface area contributed by atoms with Gasteiger partial charge in [0.1, 0.15) is 11.6 Å². The van der Waals surface area contributed by atoms with E-state index in [0.717, 1.165) is 29.8 Å². The van der Waals surface area contributed by atoms with Gasteiger partial charge in [-0.05, 0) is 42.3 Å². The van der Waals surface area contributed by atoms with Crippen LogP contribution in [0.15, 0.2) is 48.5 Å². The zero-order chi connectivity index (χ0) is 17.8. The van der Waals surface area contributed by atoms with Gasteiger partial charge in [-0.15, -0.1) is 0 Å². The molecule has 2 aromatic carbocycles. The van der Waals surface area contributed by atoms with Crippen LogP contribution >= 0.6 is 0 Å². The van der Waals surface area contributed by atoms with Gasteiger partial charge in [0.2, 0.25) is 0 Å². The second-order valence-corrected chi connectivity index (χ2v) is 6.33. The standard InChI is InChI=1S/C20H22FN3O/c1-3-14(2)13-24-18-7-5-4-6-17(18)23-19(24)12-22-20(25)15-8-10-16(21)11-9-15/h4-11,14H,3,12-13H2,1-2H3,(H,22,25). The van der Waals surface area contributed by atoms with E-state index in [4.69, 9.17) is 0 Å². The molecule has 1 aromatic heterocycles. The Morgan fingerprint density at radius 2 is 1.92 bits per heavy atom. The average Bonchev–Trinajstić information content (AvgIpc) is 2.98. The summed E-state index contributed by atoms with van der Waals surface area (Å²) < 4.78 is 15.2. The normalized spacial score (nSPS) is 12.3. The molecule has 0 bridgehead atoms. The Kier molecular flexibility index (Phi) is 5.12. The summed E-state index contributed by atoms with van der Waals surface area (Å²) >= 11 is 0. The summed E-state index contributed by atoms with van der Waals surface area (Å²) in [4.78, 5) is 16.9. The highest BCUT2D eigenvalue weighted by Crippen LogP contribution is 2.19. The van der Waals surface area contributed by atoms with Gasteiger partial charge in [-0.2, -0.15) is 0 Å². The van der Waals surface area contributed by atoms with Crippen LogP contribution in [0.25, 0.3) is 11.0 Å².